The Balaban J connectivity index is 1.57. The number of carbonyl (C=O) groups excluding carboxylic acids is 1. The number of ether oxygens (including phenoxy) is 1. The highest BCUT2D eigenvalue weighted by Gasteiger charge is 2.36. The Labute approximate surface area is 165 Å². The SMILES string of the molecule is CCNC(=NCCc1csc(N2CCCC2)n1)N1CC(C)C(C(=O)OC)C1. The lowest BCUT2D eigenvalue weighted by Gasteiger charge is -2.21. The number of hydrogen-bond acceptors (Lipinski definition) is 6. The quantitative estimate of drug-likeness (QED) is 0.453. The number of likely N-dealkylation sites (tertiary alicyclic amines) is 1. The van der Waals surface area contributed by atoms with Crippen LogP contribution >= 0.6 is 11.3 Å². The summed E-state index contributed by atoms with van der Waals surface area (Å²) in [6, 6.07) is 0. The van der Waals surface area contributed by atoms with Gasteiger partial charge in [-0.15, -0.1) is 11.3 Å². The van der Waals surface area contributed by atoms with Crippen molar-refractivity contribution in [1.82, 2.24) is 15.2 Å². The van der Waals surface area contributed by atoms with Crippen LogP contribution in [0.5, 0.6) is 0 Å². The van der Waals surface area contributed by atoms with Crippen LogP contribution in [0.25, 0.3) is 0 Å². The second-order valence-corrected chi connectivity index (χ2v) is 8.15. The average Bonchev–Trinajstić information content (AvgIpc) is 3.40. The first-order chi connectivity index (χ1) is 13.1. The smallest absolute Gasteiger partial charge is 0.310 e. The van der Waals surface area contributed by atoms with Gasteiger partial charge in [0.15, 0.2) is 11.1 Å². The molecule has 2 fully saturated rings. The van der Waals surface area contributed by atoms with Gasteiger partial charge in [-0.05, 0) is 25.7 Å². The molecule has 1 N–H and O–H groups in total. The van der Waals surface area contributed by atoms with Gasteiger partial charge in [-0.25, -0.2) is 4.98 Å². The van der Waals surface area contributed by atoms with E-state index in [0.717, 1.165) is 49.4 Å². The molecule has 150 valence electrons. The summed E-state index contributed by atoms with van der Waals surface area (Å²) < 4.78 is 4.94. The monoisotopic (exact) mass is 393 g/mol. The molecule has 0 amide bonds. The summed E-state index contributed by atoms with van der Waals surface area (Å²) in [7, 11) is 1.46. The highest BCUT2D eigenvalue weighted by atomic mass is 32.1. The lowest BCUT2D eigenvalue weighted by atomic mass is 9.99. The maximum atomic E-state index is 11.9. The number of aliphatic imine (C=N–C) groups is 1. The van der Waals surface area contributed by atoms with Gasteiger partial charge >= 0.3 is 5.97 Å². The van der Waals surface area contributed by atoms with Gasteiger partial charge in [0.25, 0.3) is 0 Å². The third-order valence-electron chi connectivity index (χ3n) is 5.30. The second kappa shape index (κ2) is 9.39. The Kier molecular flexibility index (Phi) is 6.93. The van der Waals surface area contributed by atoms with Crippen molar-refractivity contribution in [2.24, 2.45) is 16.8 Å². The van der Waals surface area contributed by atoms with E-state index >= 15 is 0 Å². The van der Waals surface area contributed by atoms with Crippen molar-refractivity contribution >= 4 is 28.4 Å². The number of guanidine groups is 1. The fourth-order valence-electron chi connectivity index (χ4n) is 3.76. The molecule has 7 nitrogen and oxygen atoms in total. The Morgan fingerprint density at radius 1 is 1.41 bits per heavy atom. The van der Waals surface area contributed by atoms with Gasteiger partial charge in [-0.3, -0.25) is 9.79 Å². The molecule has 0 radical (unpaired) electrons. The molecule has 27 heavy (non-hydrogen) atoms. The lowest BCUT2D eigenvalue weighted by molar-refractivity contribution is -0.145. The molecular formula is C19H31N5O2S. The van der Waals surface area contributed by atoms with Crippen LogP contribution in [0.2, 0.25) is 0 Å². The number of esters is 1. The number of nitrogens with one attached hydrogen (secondary N) is 1. The third-order valence-corrected chi connectivity index (χ3v) is 6.25. The maximum absolute atomic E-state index is 11.9. The summed E-state index contributed by atoms with van der Waals surface area (Å²) in [6.45, 7) is 9.41. The summed E-state index contributed by atoms with van der Waals surface area (Å²) in [5.41, 5.74) is 1.11. The lowest BCUT2D eigenvalue weighted by Crippen LogP contribution is -2.40. The normalized spacial score (nSPS) is 23.1. The largest absolute Gasteiger partial charge is 0.469 e. The van der Waals surface area contributed by atoms with Crippen molar-refractivity contribution < 1.29 is 9.53 Å². The number of thiazole rings is 1. The molecule has 2 aliphatic rings. The Bertz CT molecular complexity index is 656. The van der Waals surface area contributed by atoms with E-state index in [-0.39, 0.29) is 17.8 Å². The topological polar surface area (TPSA) is 70.1 Å². The highest BCUT2D eigenvalue weighted by molar-refractivity contribution is 7.13. The standard InChI is InChI=1S/C19H31N5O2S/c1-4-20-18(24-11-14(2)16(12-24)17(25)26-3)21-8-7-15-13-27-19(22-15)23-9-5-6-10-23/h13-14,16H,4-12H2,1-3H3,(H,20,21). The molecule has 2 atom stereocenters. The molecule has 0 aromatic carbocycles. The van der Waals surface area contributed by atoms with Crippen LogP contribution in [0.4, 0.5) is 5.13 Å². The van der Waals surface area contributed by atoms with Crippen molar-refractivity contribution in [1.29, 1.82) is 0 Å². The summed E-state index contributed by atoms with van der Waals surface area (Å²) in [6.07, 6.45) is 3.38. The highest BCUT2D eigenvalue weighted by Crippen LogP contribution is 2.25. The first kappa shape index (κ1) is 19.9. The molecule has 0 bridgehead atoms. The van der Waals surface area contributed by atoms with E-state index in [1.54, 1.807) is 11.3 Å². The minimum Gasteiger partial charge on any atom is -0.469 e. The maximum Gasteiger partial charge on any atom is 0.310 e. The van der Waals surface area contributed by atoms with Crippen molar-refractivity contribution in [2.45, 2.75) is 33.1 Å². The van der Waals surface area contributed by atoms with Gasteiger partial charge in [-0.1, -0.05) is 6.92 Å². The summed E-state index contributed by atoms with van der Waals surface area (Å²) in [5.74, 6) is 0.937. The summed E-state index contributed by atoms with van der Waals surface area (Å²) in [4.78, 5) is 26.0. The number of carbonyl (C=O) groups is 1. The van der Waals surface area contributed by atoms with Gasteiger partial charge in [0.2, 0.25) is 0 Å². The van der Waals surface area contributed by atoms with Gasteiger partial charge in [0.1, 0.15) is 0 Å². The Morgan fingerprint density at radius 3 is 2.89 bits per heavy atom. The van der Waals surface area contributed by atoms with Gasteiger partial charge in [0, 0.05) is 51.1 Å². The van der Waals surface area contributed by atoms with Crippen LogP contribution in [-0.4, -0.2) is 68.2 Å². The van der Waals surface area contributed by atoms with Gasteiger partial charge < -0.3 is 19.9 Å². The number of anilines is 1. The number of aromatic nitrogens is 1. The zero-order valence-corrected chi connectivity index (χ0v) is 17.4. The number of nitrogens with zero attached hydrogens (tertiary/aromatic N) is 4. The van der Waals surface area contributed by atoms with Crippen LogP contribution < -0.4 is 10.2 Å². The van der Waals surface area contributed by atoms with E-state index in [1.165, 1.54) is 20.0 Å². The van der Waals surface area contributed by atoms with Crippen LogP contribution in [0.15, 0.2) is 10.4 Å². The average molecular weight is 394 g/mol. The zero-order valence-electron chi connectivity index (χ0n) is 16.6. The number of rotatable bonds is 6. The van der Waals surface area contributed by atoms with Crippen LogP contribution in [0.3, 0.4) is 0 Å². The fraction of sp³-hybridized carbons (Fsp3) is 0.737. The summed E-state index contributed by atoms with van der Waals surface area (Å²) in [5, 5.41) is 6.66. The first-order valence-corrected chi connectivity index (χ1v) is 10.8. The number of hydrogen-bond donors (Lipinski definition) is 1. The fourth-order valence-corrected chi connectivity index (χ4v) is 4.68. The molecule has 0 aliphatic carbocycles. The predicted octanol–water partition coefficient (Wildman–Crippen LogP) is 1.99. The van der Waals surface area contributed by atoms with Crippen molar-refractivity contribution in [2.75, 3.05) is 51.3 Å². The van der Waals surface area contributed by atoms with Gasteiger partial charge in [-0.2, -0.15) is 0 Å². The Hall–Kier alpha value is -1.83. The second-order valence-electron chi connectivity index (χ2n) is 7.31. The summed E-state index contributed by atoms with van der Waals surface area (Å²) >= 11 is 1.74. The minimum atomic E-state index is -0.127. The van der Waals surface area contributed by atoms with E-state index in [0.29, 0.717) is 13.1 Å². The van der Waals surface area contributed by atoms with Gasteiger partial charge in [0.05, 0.1) is 18.7 Å². The van der Waals surface area contributed by atoms with Crippen LogP contribution in [0, 0.1) is 11.8 Å². The van der Waals surface area contributed by atoms with Crippen LogP contribution in [0.1, 0.15) is 32.4 Å². The number of methoxy groups -OCH3 is 1. The Morgan fingerprint density at radius 2 is 2.19 bits per heavy atom. The van der Waals surface area contributed by atoms with E-state index in [2.05, 4.69) is 34.3 Å². The molecule has 3 rings (SSSR count). The molecule has 1 aromatic heterocycles. The molecule has 0 saturated carbocycles. The molecule has 2 saturated heterocycles. The van der Waals surface area contributed by atoms with E-state index in [1.807, 2.05) is 0 Å². The predicted molar refractivity (Wildman–Crippen MR) is 109 cm³/mol. The van der Waals surface area contributed by atoms with Crippen molar-refractivity contribution in [3.8, 4) is 0 Å². The molecule has 1 aromatic rings. The first-order valence-electron chi connectivity index (χ1n) is 9.92. The van der Waals surface area contributed by atoms with E-state index < -0.39 is 0 Å². The van der Waals surface area contributed by atoms with E-state index in [4.69, 9.17) is 14.7 Å². The van der Waals surface area contributed by atoms with E-state index in [9.17, 15) is 4.79 Å². The molecule has 2 unspecified atom stereocenters. The van der Waals surface area contributed by atoms with Crippen molar-refractivity contribution in [3.05, 3.63) is 11.1 Å². The molecule has 2 aliphatic heterocycles. The molecule has 3 heterocycles. The zero-order chi connectivity index (χ0) is 19.2. The van der Waals surface area contributed by atoms with Crippen LogP contribution in [-0.2, 0) is 16.0 Å². The minimum absolute atomic E-state index is 0.0829. The third kappa shape index (κ3) is 4.91. The molecular weight excluding hydrogens is 362 g/mol. The molecule has 0 spiro atoms. The van der Waals surface area contributed by atoms with Crippen molar-refractivity contribution in [3.63, 3.8) is 0 Å². The molecule has 8 heteroatoms.